The van der Waals surface area contributed by atoms with Crippen LogP contribution in [0.25, 0.3) is 0 Å². The SMILES string of the molecule is N#C[C@@](c1cccc(Cl)c1)(C1CCCC1)C1C(C(N)=O)CC12NC(=O)NC2=O. The van der Waals surface area contributed by atoms with Crippen molar-refractivity contribution in [2.75, 3.05) is 0 Å². The molecule has 1 spiro atoms. The van der Waals surface area contributed by atoms with Crippen molar-refractivity contribution in [2.24, 2.45) is 23.5 Å². The summed E-state index contributed by atoms with van der Waals surface area (Å²) in [5.41, 5.74) is 3.86. The van der Waals surface area contributed by atoms with E-state index < -0.39 is 40.6 Å². The monoisotopic (exact) mass is 400 g/mol. The van der Waals surface area contributed by atoms with Gasteiger partial charge in [-0.1, -0.05) is 36.6 Å². The molecule has 146 valence electrons. The maximum Gasteiger partial charge on any atom is 0.322 e. The molecule has 2 aliphatic carbocycles. The summed E-state index contributed by atoms with van der Waals surface area (Å²) in [7, 11) is 0. The molecule has 4 amide bonds. The van der Waals surface area contributed by atoms with E-state index in [4.69, 9.17) is 17.3 Å². The molecule has 4 N–H and O–H groups in total. The van der Waals surface area contributed by atoms with Crippen molar-refractivity contribution < 1.29 is 14.4 Å². The molecule has 3 aliphatic rings. The first kappa shape index (κ1) is 18.8. The van der Waals surface area contributed by atoms with Gasteiger partial charge in [0.2, 0.25) is 5.91 Å². The topological polar surface area (TPSA) is 125 Å². The number of halogens is 1. The lowest BCUT2D eigenvalue weighted by Gasteiger charge is -2.57. The van der Waals surface area contributed by atoms with E-state index in [1.54, 1.807) is 18.2 Å². The van der Waals surface area contributed by atoms with Crippen molar-refractivity contribution >= 4 is 29.4 Å². The van der Waals surface area contributed by atoms with Crippen LogP contribution in [0.5, 0.6) is 0 Å². The number of primary amides is 1. The highest BCUT2D eigenvalue weighted by Gasteiger charge is 2.72. The molecule has 4 rings (SSSR count). The van der Waals surface area contributed by atoms with Gasteiger partial charge in [-0.2, -0.15) is 5.26 Å². The molecule has 3 fully saturated rings. The third-order valence-corrected chi connectivity index (χ3v) is 7.02. The van der Waals surface area contributed by atoms with Gasteiger partial charge in [0.1, 0.15) is 5.54 Å². The van der Waals surface area contributed by atoms with Crippen molar-refractivity contribution in [1.29, 1.82) is 5.26 Å². The molecule has 28 heavy (non-hydrogen) atoms. The third-order valence-electron chi connectivity index (χ3n) is 6.79. The van der Waals surface area contributed by atoms with Gasteiger partial charge in [0.25, 0.3) is 5.91 Å². The van der Waals surface area contributed by atoms with Gasteiger partial charge in [-0.05, 0) is 42.9 Å². The molecule has 8 heteroatoms. The minimum atomic E-state index is -1.31. The van der Waals surface area contributed by atoms with Crippen molar-refractivity contribution in [2.45, 2.75) is 43.1 Å². The first-order chi connectivity index (χ1) is 13.3. The Hall–Kier alpha value is -2.59. The van der Waals surface area contributed by atoms with Crippen LogP contribution in [0, 0.1) is 29.1 Å². The summed E-state index contributed by atoms with van der Waals surface area (Å²) < 4.78 is 0. The highest BCUT2D eigenvalue weighted by atomic mass is 35.5. The zero-order chi connectivity index (χ0) is 20.1. The van der Waals surface area contributed by atoms with E-state index in [2.05, 4.69) is 16.7 Å². The summed E-state index contributed by atoms with van der Waals surface area (Å²) in [6.45, 7) is 0. The summed E-state index contributed by atoms with van der Waals surface area (Å²) in [6, 6.07) is 8.88. The van der Waals surface area contributed by atoms with Gasteiger partial charge in [0.05, 0.1) is 11.5 Å². The fourth-order valence-electron chi connectivity index (χ4n) is 5.63. The average Bonchev–Trinajstić information content (AvgIpc) is 3.26. The quantitative estimate of drug-likeness (QED) is 0.668. The largest absolute Gasteiger partial charge is 0.369 e. The van der Waals surface area contributed by atoms with Crippen LogP contribution in [0.15, 0.2) is 24.3 Å². The second kappa shape index (κ2) is 6.49. The summed E-state index contributed by atoms with van der Waals surface area (Å²) >= 11 is 6.23. The summed E-state index contributed by atoms with van der Waals surface area (Å²) in [5.74, 6) is -2.58. The van der Waals surface area contributed by atoms with Crippen LogP contribution in [0.1, 0.15) is 37.7 Å². The molecule has 2 saturated carbocycles. The zero-order valence-electron chi connectivity index (χ0n) is 15.2. The van der Waals surface area contributed by atoms with Crippen molar-refractivity contribution in [3.05, 3.63) is 34.9 Å². The van der Waals surface area contributed by atoms with Gasteiger partial charge < -0.3 is 11.1 Å². The van der Waals surface area contributed by atoms with Crippen LogP contribution in [-0.2, 0) is 15.0 Å². The van der Waals surface area contributed by atoms with Crippen molar-refractivity contribution in [3.63, 3.8) is 0 Å². The van der Waals surface area contributed by atoms with Gasteiger partial charge in [-0.15, -0.1) is 0 Å². The fourth-order valence-corrected chi connectivity index (χ4v) is 5.83. The van der Waals surface area contributed by atoms with E-state index in [1.807, 2.05) is 6.07 Å². The van der Waals surface area contributed by atoms with Gasteiger partial charge in [-0.25, -0.2) is 4.79 Å². The Bertz CT molecular complexity index is 907. The smallest absolute Gasteiger partial charge is 0.322 e. The molecule has 1 saturated heterocycles. The average molecular weight is 401 g/mol. The number of hydrogen-bond acceptors (Lipinski definition) is 4. The number of benzene rings is 1. The maximum absolute atomic E-state index is 12.8. The van der Waals surface area contributed by atoms with Crippen LogP contribution in [0.2, 0.25) is 5.02 Å². The molecule has 1 aromatic carbocycles. The number of imide groups is 1. The molecule has 0 radical (unpaired) electrons. The van der Waals surface area contributed by atoms with Crippen molar-refractivity contribution in [3.8, 4) is 6.07 Å². The lowest BCUT2D eigenvalue weighted by atomic mass is 9.45. The normalized spacial score (nSPS) is 31.6. The molecular weight excluding hydrogens is 380 g/mol. The number of carbonyl (C=O) groups is 3. The number of nitrogens with one attached hydrogen (secondary N) is 2. The number of rotatable bonds is 4. The van der Waals surface area contributed by atoms with Crippen LogP contribution in [-0.4, -0.2) is 23.4 Å². The minimum absolute atomic E-state index is 0.0645. The first-order valence-corrected chi connectivity index (χ1v) is 9.83. The number of urea groups is 1. The highest BCUT2D eigenvalue weighted by Crippen LogP contribution is 2.60. The van der Waals surface area contributed by atoms with E-state index in [1.165, 1.54) is 0 Å². The Morgan fingerprint density at radius 1 is 1.32 bits per heavy atom. The summed E-state index contributed by atoms with van der Waals surface area (Å²) in [6.07, 6.45) is 3.63. The number of nitrogens with two attached hydrogens (primary N) is 1. The van der Waals surface area contributed by atoms with Crippen LogP contribution < -0.4 is 16.4 Å². The highest BCUT2D eigenvalue weighted by molar-refractivity contribution is 6.30. The molecule has 1 aromatic rings. The standard InChI is InChI=1S/C20H21ClN4O3/c21-13-7-3-6-12(8-13)19(10-22,11-4-1-2-5-11)15-14(16(23)26)9-20(15)17(27)24-18(28)25-20/h3,6-8,11,14-15H,1-2,4-5,9H2,(H2,23,26)(H2,24,25,27,28)/t14?,15?,19-,20?/m0/s1. The maximum atomic E-state index is 12.8. The second-order valence-electron chi connectivity index (χ2n) is 8.04. The molecule has 3 unspecified atom stereocenters. The number of amides is 4. The van der Waals surface area contributed by atoms with Crippen LogP contribution in [0.4, 0.5) is 4.79 Å². The van der Waals surface area contributed by atoms with E-state index in [0.29, 0.717) is 10.6 Å². The Balaban J connectivity index is 1.93. The Labute approximate surface area is 167 Å². The third kappa shape index (κ3) is 2.44. The summed E-state index contributed by atoms with van der Waals surface area (Å²) in [4.78, 5) is 36.9. The van der Waals surface area contributed by atoms with Gasteiger partial charge in [-0.3, -0.25) is 14.9 Å². The number of nitriles is 1. The fraction of sp³-hybridized carbons (Fsp3) is 0.500. The van der Waals surface area contributed by atoms with Gasteiger partial charge >= 0.3 is 6.03 Å². The Kier molecular flexibility index (Phi) is 4.35. The number of carbonyl (C=O) groups excluding carboxylic acids is 3. The number of hydrogen-bond donors (Lipinski definition) is 3. The second-order valence-corrected chi connectivity index (χ2v) is 8.48. The lowest BCUT2D eigenvalue weighted by Crippen LogP contribution is -2.73. The molecule has 1 aliphatic heterocycles. The van der Waals surface area contributed by atoms with E-state index in [9.17, 15) is 19.6 Å². The lowest BCUT2D eigenvalue weighted by molar-refractivity contribution is -0.148. The van der Waals surface area contributed by atoms with Crippen LogP contribution in [0.3, 0.4) is 0 Å². The predicted molar refractivity (Wildman–Crippen MR) is 101 cm³/mol. The van der Waals surface area contributed by atoms with Crippen LogP contribution >= 0.6 is 11.6 Å². The van der Waals surface area contributed by atoms with Gasteiger partial charge in [0, 0.05) is 16.9 Å². The predicted octanol–water partition coefficient (Wildman–Crippen LogP) is 1.99. The summed E-state index contributed by atoms with van der Waals surface area (Å²) in [5, 5.41) is 16.0. The number of nitrogens with zero attached hydrogens (tertiary/aromatic N) is 1. The van der Waals surface area contributed by atoms with E-state index in [0.717, 1.165) is 25.7 Å². The molecule has 1 heterocycles. The van der Waals surface area contributed by atoms with Crippen molar-refractivity contribution in [1.82, 2.24) is 10.6 Å². The van der Waals surface area contributed by atoms with E-state index >= 15 is 0 Å². The molecule has 0 aromatic heterocycles. The molecule has 4 atom stereocenters. The molecule has 7 nitrogen and oxygen atoms in total. The first-order valence-electron chi connectivity index (χ1n) is 9.45. The molecule has 0 bridgehead atoms. The minimum Gasteiger partial charge on any atom is -0.369 e. The Morgan fingerprint density at radius 3 is 2.57 bits per heavy atom. The zero-order valence-corrected chi connectivity index (χ0v) is 16.0. The van der Waals surface area contributed by atoms with E-state index in [-0.39, 0.29) is 12.3 Å². The molecular formula is C20H21ClN4O3. The Morgan fingerprint density at radius 2 is 2.04 bits per heavy atom. The van der Waals surface area contributed by atoms with Gasteiger partial charge in [0.15, 0.2) is 0 Å².